The van der Waals surface area contributed by atoms with Crippen molar-refractivity contribution in [1.82, 2.24) is 14.5 Å². The number of nitrogens with one attached hydrogen (secondary N) is 1. The average molecular weight is 391 g/mol. The number of aromatic amines is 1. The summed E-state index contributed by atoms with van der Waals surface area (Å²) in [5, 5.41) is 1.33. The first-order valence-corrected chi connectivity index (χ1v) is 9.44. The minimum absolute atomic E-state index is 0.327. The quantitative estimate of drug-likeness (QED) is 0.566. The van der Waals surface area contributed by atoms with Crippen molar-refractivity contribution in [2.24, 2.45) is 0 Å². The summed E-state index contributed by atoms with van der Waals surface area (Å²) in [5.74, 6) is 0.492. The number of amides is 1. The molecule has 0 aliphatic heterocycles. The van der Waals surface area contributed by atoms with Gasteiger partial charge in [-0.3, -0.25) is 14.2 Å². The van der Waals surface area contributed by atoms with Crippen molar-refractivity contribution >= 4 is 27.8 Å². The standard InChI is InChI=1S/C22H21N3O4/c1-3-18-16(14-8-5-7-11-19(14)29-18)12-24(2)20(26)13-25-21(27)15-9-4-6-10-17(15)23-22(25)28/h4-11H,3,12-13H2,1-2H3,(H,23,28). The highest BCUT2D eigenvalue weighted by Crippen LogP contribution is 2.27. The highest BCUT2D eigenvalue weighted by atomic mass is 16.3. The van der Waals surface area contributed by atoms with E-state index in [4.69, 9.17) is 4.42 Å². The van der Waals surface area contributed by atoms with Crippen LogP contribution in [0.5, 0.6) is 0 Å². The summed E-state index contributed by atoms with van der Waals surface area (Å²) < 4.78 is 6.83. The molecular weight excluding hydrogens is 370 g/mol. The molecule has 2 aromatic heterocycles. The molecule has 7 heteroatoms. The average Bonchev–Trinajstić information content (AvgIpc) is 3.08. The van der Waals surface area contributed by atoms with Crippen LogP contribution in [0, 0.1) is 0 Å². The fraction of sp³-hybridized carbons (Fsp3) is 0.227. The molecule has 0 unspecified atom stereocenters. The number of hydrogen-bond acceptors (Lipinski definition) is 4. The van der Waals surface area contributed by atoms with Crippen LogP contribution in [0.3, 0.4) is 0 Å². The van der Waals surface area contributed by atoms with E-state index in [1.165, 1.54) is 4.90 Å². The van der Waals surface area contributed by atoms with Crippen molar-refractivity contribution < 1.29 is 9.21 Å². The van der Waals surface area contributed by atoms with Gasteiger partial charge in [-0.05, 0) is 18.2 Å². The first-order chi connectivity index (χ1) is 14.0. The van der Waals surface area contributed by atoms with E-state index in [0.29, 0.717) is 23.9 Å². The van der Waals surface area contributed by atoms with Crippen LogP contribution in [0.1, 0.15) is 18.2 Å². The third kappa shape index (κ3) is 3.35. The maximum Gasteiger partial charge on any atom is 0.329 e. The van der Waals surface area contributed by atoms with Crippen LogP contribution in [-0.4, -0.2) is 27.4 Å². The van der Waals surface area contributed by atoms with Crippen molar-refractivity contribution in [3.05, 3.63) is 80.7 Å². The second-order valence-corrected chi connectivity index (χ2v) is 6.97. The van der Waals surface area contributed by atoms with Gasteiger partial charge < -0.3 is 14.3 Å². The summed E-state index contributed by atoms with van der Waals surface area (Å²) in [4.78, 5) is 41.9. The molecule has 4 rings (SSSR count). The van der Waals surface area contributed by atoms with E-state index in [2.05, 4.69) is 4.98 Å². The minimum Gasteiger partial charge on any atom is -0.461 e. The number of aryl methyl sites for hydroxylation is 1. The van der Waals surface area contributed by atoms with Gasteiger partial charge in [0.05, 0.1) is 10.9 Å². The summed E-state index contributed by atoms with van der Waals surface area (Å²) in [6.45, 7) is 2.00. The lowest BCUT2D eigenvalue weighted by Crippen LogP contribution is -2.41. The van der Waals surface area contributed by atoms with Gasteiger partial charge in [-0.2, -0.15) is 0 Å². The Labute approximate surface area is 166 Å². The normalized spacial score (nSPS) is 11.2. The lowest BCUT2D eigenvalue weighted by molar-refractivity contribution is -0.131. The molecule has 1 amide bonds. The van der Waals surface area contributed by atoms with E-state index in [9.17, 15) is 14.4 Å². The highest BCUT2D eigenvalue weighted by Gasteiger charge is 2.19. The van der Waals surface area contributed by atoms with Crippen molar-refractivity contribution in [2.75, 3.05) is 7.05 Å². The van der Waals surface area contributed by atoms with Gasteiger partial charge in [0.15, 0.2) is 0 Å². The summed E-state index contributed by atoms with van der Waals surface area (Å²) >= 11 is 0. The SMILES string of the molecule is CCc1oc2ccccc2c1CN(C)C(=O)Cn1c(=O)[nH]c2ccccc2c1=O. The minimum atomic E-state index is -0.599. The molecule has 0 fully saturated rings. The molecule has 29 heavy (non-hydrogen) atoms. The lowest BCUT2D eigenvalue weighted by Gasteiger charge is -2.18. The van der Waals surface area contributed by atoms with Crippen LogP contribution in [0.15, 0.2) is 62.5 Å². The number of carbonyl (C=O) groups excluding carboxylic acids is 1. The zero-order chi connectivity index (χ0) is 20.5. The zero-order valence-electron chi connectivity index (χ0n) is 16.3. The third-order valence-electron chi connectivity index (χ3n) is 5.11. The topological polar surface area (TPSA) is 88.3 Å². The lowest BCUT2D eigenvalue weighted by atomic mass is 10.1. The number of para-hydroxylation sites is 2. The van der Waals surface area contributed by atoms with Gasteiger partial charge >= 0.3 is 5.69 Å². The molecule has 0 bridgehead atoms. The zero-order valence-corrected chi connectivity index (χ0v) is 16.3. The largest absolute Gasteiger partial charge is 0.461 e. The van der Waals surface area contributed by atoms with Crippen LogP contribution in [0.25, 0.3) is 21.9 Å². The molecule has 7 nitrogen and oxygen atoms in total. The first kappa shape index (κ1) is 18.7. The summed E-state index contributed by atoms with van der Waals surface area (Å²) in [6, 6.07) is 14.4. The van der Waals surface area contributed by atoms with E-state index < -0.39 is 11.2 Å². The number of fused-ring (bicyclic) bond motifs is 2. The van der Waals surface area contributed by atoms with Crippen molar-refractivity contribution in [1.29, 1.82) is 0 Å². The molecule has 0 saturated heterocycles. The number of rotatable bonds is 5. The maximum atomic E-state index is 12.8. The predicted octanol–water partition coefficient (Wildman–Crippen LogP) is 2.66. The van der Waals surface area contributed by atoms with Gasteiger partial charge in [0.1, 0.15) is 17.9 Å². The van der Waals surface area contributed by atoms with Crippen molar-refractivity contribution in [2.45, 2.75) is 26.4 Å². The van der Waals surface area contributed by atoms with E-state index in [0.717, 1.165) is 26.9 Å². The Balaban J connectivity index is 1.63. The van der Waals surface area contributed by atoms with Crippen LogP contribution in [0.4, 0.5) is 0 Å². The first-order valence-electron chi connectivity index (χ1n) is 9.44. The molecule has 0 aliphatic carbocycles. The van der Waals surface area contributed by atoms with E-state index in [1.807, 2.05) is 31.2 Å². The Hall–Kier alpha value is -3.61. The molecule has 148 valence electrons. The second kappa shape index (κ2) is 7.43. The molecule has 4 aromatic rings. The number of hydrogen-bond donors (Lipinski definition) is 1. The van der Waals surface area contributed by atoms with Crippen LogP contribution < -0.4 is 11.2 Å². The number of nitrogens with zero attached hydrogens (tertiary/aromatic N) is 2. The van der Waals surface area contributed by atoms with Gasteiger partial charge in [0, 0.05) is 31.0 Å². The number of H-pyrrole nitrogens is 1. The number of furan rings is 1. The molecular formula is C22H21N3O4. The van der Waals surface area contributed by atoms with Crippen LogP contribution in [-0.2, 0) is 24.3 Å². The molecule has 0 spiro atoms. The molecule has 0 atom stereocenters. The predicted molar refractivity (Wildman–Crippen MR) is 111 cm³/mol. The summed E-state index contributed by atoms with van der Waals surface area (Å²) in [6.07, 6.45) is 0.704. The Kier molecular flexibility index (Phi) is 4.80. The Morgan fingerprint density at radius 2 is 1.76 bits per heavy atom. The maximum absolute atomic E-state index is 12.8. The molecule has 0 saturated carbocycles. The number of aromatic nitrogens is 2. The molecule has 1 N–H and O–H groups in total. The Bertz CT molecular complexity index is 1330. The van der Waals surface area contributed by atoms with E-state index in [1.54, 1.807) is 31.3 Å². The molecule has 0 aliphatic rings. The molecule has 2 aromatic carbocycles. The number of benzene rings is 2. The van der Waals surface area contributed by atoms with Crippen molar-refractivity contribution in [3.63, 3.8) is 0 Å². The van der Waals surface area contributed by atoms with Gasteiger partial charge in [-0.1, -0.05) is 37.3 Å². The van der Waals surface area contributed by atoms with Crippen molar-refractivity contribution in [3.8, 4) is 0 Å². The molecule has 2 heterocycles. The smallest absolute Gasteiger partial charge is 0.329 e. The Morgan fingerprint density at radius 3 is 2.52 bits per heavy atom. The van der Waals surface area contributed by atoms with Gasteiger partial charge in [-0.15, -0.1) is 0 Å². The fourth-order valence-electron chi connectivity index (χ4n) is 3.53. The third-order valence-corrected chi connectivity index (χ3v) is 5.11. The van der Waals surface area contributed by atoms with Crippen LogP contribution >= 0.6 is 0 Å². The highest BCUT2D eigenvalue weighted by molar-refractivity contribution is 5.83. The Morgan fingerprint density at radius 1 is 1.07 bits per heavy atom. The summed E-state index contributed by atoms with van der Waals surface area (Å²) in [7, 11) is 1.66. The van der Waals surface area contributed by atoms with E-state index >= 15 is 0 Å². The summed E-state index contributed by atoms with van der Waals surface area (Å²) in [5.41, 5.74) is 1.10. The number of likely N-dealkylation sites (N-methyl/N-ethyl adjacent to an activating group) is 1. The van der Waals surface area contributed by atoms with E-state index in [-0.39, 0.29) is 12.5 Å². The van der Waals surface area contributed by atoms with Crippen LogP contribution in [0.2, 0.25) is 0 Å². The fourth-order valence-corrected chi connectivity index (χ4v) is 3.53. The molecule has 0 radical (unpaired) electrons. The monoisotopic (exact) mass is 391 g/mol. The second-order valence-electron chi connectivity index (χ2n) is 6.97. The number of carbonyl (C=O) groups is 1. The van der Waals surface area contributed by atoms with Gasteiger partial charge in [0.2, 0.25) is 5.91 Å². The van der Waals surface area contributed by atoms with Gasteiger partial charge in [-0.25, -0.2) is 4.79 Å². The van der Waals surface area contributed by atoms with Gasteiger partial charge in [0.25, 0.3) is 5.56 Å².